The Morgan fingerprint density at radius 3 is 2.32 bits per heavy atom. The summed E-state index contributed by atoms with van der Waals surface area (Å²) in [6.45, 7) is 3.00. The monoisotopic (exact) mass is 360 g/mol. The summed E-state index contributed by atoms with van der Waals surface area (Å²) in [5, 5.41) is 3.19. The van der Waals surface area contributed by atoms with Crippen molar-refractivity contribution < 1.29 is 9.53 Å². The molecule has 0 radical (unpaired) electrons. The minimum absolute atomic E-state index is 0. The SMILES string of the molecule is COc1ccc(CCN(Cc2ccccc2)C(=O)C2CNC2)cc1.Cl. The number of benzene rings is 2. The van der Waals surface area contributed by atoms with Crippen LogP contribution in [0, 0.1) is 5.92 Å². The molecule has 134 valence electrons. The molecule has 0 spiro atoms. The number of hydrogen-bond donors (Lipinski definition) is 1. The minimum atomic E-state index is 0. The van der Waals surface area contributed by atoms with Gasteiger partial charge in [0.15, 0.2) is 0 Å². The third-order valence-corrected chi connectivity index (χ3v) is 4.49. The first-order valence-electron chi connectivity index (χ1n) is 8.42. The molecule has 1 saturated heterocycles. The average Bonchev–Trinajstić information content (AvgIpc) is 2.58. The highest BCUT2D eigenvalue weighted by Crippen LogP contribution is 2.15. The second kappa shape index (κ2) is 9.44. The summed E-state index contributed by atoms with van der Waals surface area (Å²) < 4.78 is 5.19. The number of methoxy groups -OCH3 is 1. The van der Waals surface area contributed by atoms with Gasteiger partial charge < -0.3 is 15.0 Å². The van der Waals surface area contributed by atoms with Crippen LogP contribution in [0.2, 0.25) is 0 Å². The fourth-order valence-corrected chi connectivity index (χ4v) is 2.85. The Morgan fingerprint density at radius 2 is 1.76 bits per heavy atom. The lowest BCUT2D eigenvalue weighted by Crippen LogP contribution is -2.52. The summed E-state index contributed by atoms with van der Waals surface area (Å²) >= 11 is 0. The van der Waals surface area contributed by atoms with Gasteiger partial charge in [-0.3, -0.25) is 4.79 Å². The predicted molar refractivity (Wildman–Crippen MR) is 102 cm³/mol. The highest BCUT2D eigenvalue weighted by molar-refractivity contribution is 5.85. The quantitative estimate of drug-likeness (QED) is 0.825. The van der Waals surface area contributed by atoms with Crippen molar-refractivity contribution in [3.63, 3.8) is 0 Å². The molecule has 1 N–H and O–H groups in total. The van der Waals surface area contributed by atoms with Gasteiger partial charge in [-0.05, 0) is 29.7 Å². The Labute approximate surface area is 155 Å². The first kappa shape index (κ1) is 19.3. The van der Waals surface area contributed by atoms with E-state index in [0.29, 0.717) is 6.54 Å². The van der Waals surface area contributed by atoms with Gasteiger partial charge in [-0.1, -0.05) is 42.5 Å². The van der Waals surface area contributed by atoms with Crippen molar-refractivity contribution in [2.75, 3.05) is 26.7 Å². The summed E-state index contributed by atoms with van der Waals surface area (Å²) in [7, 11) is 1.67. The third kappa shape index (κ3) is 5.21. The van der Waals surface area contributed by atoms with Gasteiger partial charge in [0.2, 0.25) is 5.91 Å². The predicted octanol–water partition coefficient (Wildman–Crippen LogP) is 2.91. The highest BCUT2D eigenvalue weighted by Gasteiger charge is 2.29. The largest absolute Gasteiger partial charge is 0.497 e. The molecule has 3 rings (SSSR count). The molecule has 1 heterocycles. The molecule has 1 aliphatic heterocycles. The number of carbonyl (C=O) groups is 1. The molecule has 0 unspecified atom stereocenters. The Morgan fingerprint density at radius 1 is 1.08 bits per heavy atom. The van der Waals surface area contributed by atoms with E-state index in [1.54, 1.807) is 7.11 Å². The second-order valence-electron chi connectivity index (χ2n) is 6.20. The lowest BCUT2D eigenvalue weighted by molar-refractivity contribution is -0.137. The Balaban J connectivity index is 0.00000225. The Bertz CT molecular complexity index is 657. The smallest absolute Gasteiger partial charge is 0.228 e. The molecule has 0 saturated carbocycles. The topological polar surface area (TPSA) is 41.6 Å². The molecule has 4 nitrogen and oxygen atoms in total. The molecule has 0 aliphatic carbocycles. The number of nitrogens with zero attached hydrogens (tertiary/aromatic N) is 1. The van der Waals surface area contributed by atoms with E-state index in [0.717, 1.165) is 31.8 Å². The van der Waals surface area contributed by atoms with Crippen molar-refractivity contribution in [1.82, 2.24) is 10.2 Å². The van der Waals surface area contributed by atoms with Gasteiger partial charge >= 0.3 is 0 Å². The molecule has 1 amide bonds. The van der Waals surface area contributed by atoms with Crippen LogP contribution in [0.4, 0.5) is 0 Å². The number of halogens is 1. The Kier molecular flexibility index (Phi) is 7.29. The van der Waals surface area contributed by atoms with Crippen molar-refractivity contribution in [3.8, 4) is 5.75 Å². The van der Waals surface area contributed by atoms with E-state index in [1.807, 2.05) is 35.2 Å². The maximum atomic E-state index is 12.7. The van der Waals surface area contributed by atoms with Crippen molar-refractivity contribution in [2.45, 2.75) is 13.0 Å². The van der Waals surface area contributed by atoms with Crippen LogP contribution >= 0.6 is 12.4 Å². The number of amides is 1. The molecule has 5 heteroatoms. The zero-order valence-electron chi connectivity index (χ0n) is 14.5. The van der Waals surface area contributed by atoms with Crippen LogP contribution in [0.5, 0.6) is 5.75 Å². The Hall–Kier alpha value is -2.04. The van der Waals surface area contributed by atoms with Crippen LogP contribution in [0.1, 0.15) is 11.1 Å². The van der Waals surface area contributed by atoms with Gasteiger partial charge in [-0.15, -0.1) is 12.4 Å². The molecule has 2 aromatic rings. The molecular weight excluding hydrogens is 336 g/mol. The van der Waals surface area contributed by atoms with Crippen LogP contribution < -0.4 is 10.1 Å². The minimum Gasteiger partial charge on any atom is -0.497 e. The van der Waals surface area contributed by atoms with E-state index < -0.39 is 0 Å². The van der Waals surface area contributed by atoms with E-state index in [2.05, 4.69) is 29.6 Å². The summed E-state index contributed by atoms with van der Waals surface area (Å²) in [4.78, 5) is 14.7. The van der Waals surface area contributed by atoms with Crippen LogP contribution in [-0.4, -0.2) is 37.6 Å². The van der Waals surface area contributed by atoms with Gasteiger partial charge in [0.05, 0.1) is 13.0 Å². The second-order valence-corrected chi connectivity index (χ2v) is 6.20. The fraction of sp³-hybridized carbons (Fsp3) is 0.350. The maximum Gasteiger partial charge on any atom is 0.228 e. The van der Waals surface area contributed by atoms with Gasteiger partial charge in [-0.25, -0.2) is 0 Å². The van der Waals surface area contributed by atoms with E-state index >= 15 is 0 Å². The van der Waals surface area contributed by atoms with Crippen LogP contribution in [0.15, 0.2) is 54.6 Å². The van der Waals surface area contributed by atoms with Crippen molar-refractivity contribution >= 4 is 18.3 Å². The lowest BCUT2D eigenvalue weighted by Gasteiger charge is -2.32. The van der Waals surface area contributed by atoms with Crippen molar-refractivity contribution in [1.29, 1.82) is 0 Å². The van der Waals surface area contributed by atoms with Crippen molar-refractivity contribution in [3.05, 3.63) is 65.7 Å². The molecular formula is C20H25ClN2O2. The molecule has 2 aromatic carbocycles. The first-order chi connectivity index (χ1) is 11.8. The van der Waals surface area contributed by atoms with Gasteiger partial charge in [0.25, 0.3) is 0 Å². The first-order valence-corrected chi connectivity index (χ1v) is 8.42. The van der Waals surface area contributed by atoms with Crippen molar-refractivity contribution in [2.24, 2.45) is 5.92 Å². The number of rotatable bonds is 7. The van der Waals surface area contributed by atoms with E-state index in [4.69, 9.17) is 4.74 Å². The summed E-state index contributed by atoms with van der Waals surface area (Å²) in [6.07, 6.45) is 0.850. The number of ether oxygens (including phenoxy) is 1. The standard InChI is InChI=1S/C20H24N2O2.ClH/c1-24-19-9-7-16(8-10-19)11-12-22(20(23)18-13-21-14-18)15-17-5-3-2-4-6-17;/h2-10,18,21H,11-15H2,1H3;1H. The summed E-state index contributed by atoms with van der Waals surface area (Å²) in [5.41, 5.74) is 2.39. The van der Waals surface area contributed by atoms with E-state index in [-0.39, 0.29) is 24.2 Å². The zero-order valence-corrected chi connectivity index (χ0v) is 15.3. The summed E-state index contributed by atoms with van der Waals surface area (Å²) in [6, 6.07) is 18.3. The van der Waals surface area contributed by atoms with Gasteiger partial charge in [0, 0.05) is 26.2 Å². The number of hydrogen-bond acceptors (Lipinski definition) is 3. The molecule has 0 atom stereocenters. The highest BCUT2D eigenvalue weighted by atomic mass is 35.5. The zero-order chi connectivity index (χ0) is 16.8. The number of nitrogens with one attached hydrogen (secondary N) is 1. The average molecular weight is 361 g/mol. The van der Waals surface area contributed by atoms with Crippen LogP contribution in [0.3, 0.4) is 0 Å². The molecule has 25 heavy (non-hydrogen) atoms. The lowest BCUT2D eigenvalue weighted by atomic mass is 10.0. The maximum absolute atomic E-state index is 12.7. The van der Waals surface area contributed by atoms with E-state index in [9.17, 15) is 4.79 Å². The van der Waals surface area contributed by atoms with E-state index in [1.165, 1.54) is 11.1 Å². The van der Waals surface area contributed by atoms with Crippen LogP contribution in [0.25, 0.3) is 0 Å². The third-order valence-electron chi connectivity index (χ3n) is 4.49. The van der Waals surface area contributed by atoms with Gasteiger partial charge in [-0.2, -0.15) is 0 Å². The molecule has 1 aliphatic rings. The summed E-state index contributed by atoms with van der Waals surface area (Å²) in [5.74, 6) is 1.24. The fourth-order valence-electron chi connectivity index (χ4n) is 2.85. The molecule has 1 fully saturated rings. The normalized spacial score (nSPS) is 13.5. The van der Waals surface area contributed by atoms with Gasteiger partial charge in [0.1, 0.15) is 5.75 Å². The van der Waals surface area contributed by atoms with Crippen LogP contribution in [-0.2, 0) is 17.8 Å². The molecule has 0 aromatic heterocycles. The molecule has 0 bridgehead atoms. The number of carbonyl (C=O) groups excluding carboxylic acids is 1.